The fraction of sp³-hybridized carbons (Fsp3) is 0.211. The lowest BCUT2D eigenvalue weighted by Gasteiger charge is -2.30. The van der Waals surface area contributed by atoms with E-state index in [4.69, 9.17) is 0 Å². The Morgan fingerprint density at radius 1 is 1.25 bits per heavy atom. The number of imide groups is 1. The Morgan fingerprint density at radius 2 is 2.11 bits per heavy atom. The first kappa shape index (κ1) is 17.0. The molecule has 1 fully saturated rings. The zero-order valence-electron chi connectivity index (χ0n) is 14.5. The van der Waals surface area contributed by atoms with Crippen molar-refractivity contribution in [2.24, 2.45) is 0 Å². The minimum Gasteiger partial charge on any atom is -0.381 e. The van der Waals surface area contributed by atoms with Crippen molar-refractivity contribution < 1.29 is 19.5 Å². The highest BCUT2D eigenvalue weighted by molar-refractivity contribution is 7.09. The topological polar surface area (TPSA) is 112 Å². The molecule has 1 saturated heterocycles. The van der Waals surface area contributed by atoms with Gasteiger partial charge in [-0.15, -0.1) is 11.3 Å². The first-order valence-electron chi connectivity index (χ1n) is 8.71. The monoisotopic (exact) mass is 394 g/mol. The molecule has 2 atom stereocenters. The zero-order valence-corrected chi connectivity index (χ0v) is 15.3. The molecule has 2 unspecified atom stereocenters. The number of anilines is 1. The summed E-state index contributed by atoms with van der Waals surface area (Å²) in [6.07, 6.45) is 2.57. The van der Waals surface area contributed by atoms with Gasteiger partial charge in [-0.25, -0.2) is 0 Å². The van der Waals surface area contributed by atoms with Gasteiger partial charge in [-0.3, -0.25) is 34.6 Å². The maximum absolute atomic E-state index is 13.1. The number of rotatable bonds is 3. The summed E-state index contributed by atoms with van der Waals surface area (Å²) in [4.78, 5) is 47.4. The van der Waals surface area contributed by atoms with Gasteiger partial charge in [0.2, 0.25) is 11.8 Å². The van der Waals surface area contributed by atoms with E-state index in [0.29, 0.717) is 32.6 Å². The van der Waals surface area contributed by atoms with E-state index < -0.39 is 18.1 Å². The van der Waals surface area contributed by atoms with Crippen molar-refractivity contribution >= 4 is 45.5 Å². The van der Waals surface area contributed by atoms with Gasteiger partial charge in [0.05, 0.1) is 28.0 Å². The number of hydrogen-bond donors (Lipinski definition) is 2. The molecule has 140 valence electrons. The summed E-state index contributed by atoms with van der Waals surface area (Å²) in [6, 6.07) is 4.47. The molecule has 0 saturated carbocycles. The SMILES string of the molecule is O=C1CCC(N2C(=O)c3cccc4c(C(O)c5cncs5)ncc2c34)C(=O)N1. The van der Waals surface area contributed by atoms with Gasteiger partial charge in [0, 0.05) is 29.0 Å². The molecule has 9 heteroatoms. The molecular formula is C19H14N4O4S. The van der Waals surface area contributed by atoms with E-state index in [1.807, 2.05) is 0 Å². The van der Waals surface area contributed by atoms with E-state index in [9.17, 15) is 19.5 Å². The van der Waals surface area contributed by atoms with Crippen molar-refractivity contribution in [1.82, 2.24) is 15.3 Å². The Hall–Kier alpha value is -3.17. The maximum Gasteiger partial charge on any atom is 0.259 e. The average Bonchev–Trinajstić information content (AvgIpc) is 3.31. The standard InChI is InChI=1S/C19H14N4O4S/c24-14-5-4-11(18(26)22-14)23-12-6-21-16(17(25)13-7-20-8-28-13)9-2-1-3-10(15(9)12)19(23)27/h1-3,6-8,11,17,25H,4-5H2,(H,22,24,26). The van der Waals surface area contributed by atoms with Gasteiger partial charge in [-0.05, 0) is 12.5 Å². The Bertz CT molecular complexity index is 1140. The van der Waals surface area contributed by atoms with Gasteiger partial charge in [0.15, 0.2) is 0 Å². The van der Waals surface area contributed by atoms with Crippen LogP contribution in [-0.4, -0.2) is 38.8 Å². The lowest BCUT2D eigenvalue weighted by Crippen LogP contribution is -2.53. The van der Waals surface area contributed by atoms with Crippen molar-refractivity contribution in [3.05, 3.63) is 52.2 Å². The van der Waals surface area contributed by atoms with E-state index >= 15 is 0 Å². The molecule has 4 heterocycles. The quantitative estimate of drug-likeness (QED) is 0.652. The first-order chi connectivity index (χ1) is 13.6. The number of aliphatic hydroxyl groups excluding tert-OH is 1. The Morgan fingerprint density at radius 3 is 2.86 bits per heavy atom. The smallest absolute Gasteiger partial charge is 0.259 e. The highest BCUT2D eigenvalue weighted by Crippen LogP contribution is 2.42. The summed E-state index contributed by atoms with van der Waals surface area (Å²) in [5, 5.41) is 14.3. The van der Waals surface area contributed by atoms with Crippen LogP contribution in [0.4, 0.5) is 5.69 Å². The average molecular weight is 394 g/mol. The second kappa shape index (κ2) is 6.18. The summed E-state index contributed by atoms with van der Waals surface area (Å²) < 4.78 is 0. The van der Waals surface area contributed by atoms with Crippen LogP contribution in [0.2, 0.25) is 0 Å². The summed E-state index contributed by atoms with van der Waals surface area (Å²) in [5.41, 5.74) is 3.04. The summed E-state index contributed by atoms with van der Waals surface area (Å²) in [7, 11) is 0. The molecule has 28 heavy (non-hydrogen) atoms. The van der Waals surface area contributed by atoms with E-state index in [0.717, 1.165) is 0 Å². The lowest BCUT2D eigenvalue weighted by atomic mass is 10.0. The molecule has 2 aliphatic rings. The van der Waals surface area contributed by atoms with Gasteiger partial charge in [0.1, 0.15) is 12.1 Å². The minimum absolute atomic E-state index is 0.176. The number of aliphatic hydroxyl groups is 1. The second-order valence-electron chi connectivity index (χ2n) is 6.71. The van der Waals surface area contributed by atoms with E-state index in [2.05, 4.69) is 15.3 Å². The highest BCUT2D eigenvalue weighted by Gasteiger charge is 2.41. The van der Waals surface area contributed by atoms with Gasteiger partial charge in [0.25, 0.3) is 5.91 Å². The predicted molar refractivity (Wildman–Crippen MR) is 101 cm³/mol. The predicted octanol–water partition coefficient (Wildman–Crippen LogP) is 1.54. The van der Waals surface area contributed by atoms with Crippen molar-refractivity contribution in [3.8, 4) is 0 Å². The van der Waals surface area contributed by atoms with Crippen LogP contribution in [0, 0.1) is 0 Å². The number of carbonyl (C=O) groups is 3. The van der Waals surface area contributed by atoms with Crippen LogP contribution in [0.15, 0.2) is 36.1 Å². The zero-order chi connectivity index (χ0) is 19.4. The summed E-state index contributed by atoms with van der Waals surface area (Å²) in [6.45, 7) is 0. The van der Waals surface area contributed by atoms with Crippen LogP contribution in [0.3, 0.4) is 0 Å². The molecule has 5 rings (SSSR count). The van der Waals surface area contributed by atoms with Crippen LogP contribution in [-0.2, 0) is 9.59 Å². The molecule has 0 bridgehead atoms. The number of piperidine rings is 1. The molecule has 0 aliphatic carbocycles. The second-order valence-corrected chi connectivity index (χ2v) is 7.62. The molecule has 3 amide bonds. The summed E-state index contributed by atoms with van der Waals surface area (Å²) >= 11 is 1.32. The largest absolute Gasteiger partial charge is 0.381 e. The van der Waals surface area contributed by atoms with E-state index in [1.165, 1.54) is 22.4 Å². The van der Waals surface area contributed by atoms with Crippen molar-refractivity contribution in [2.75, 3.05) is 4.90 Å². The molecule has 2 aliphatic heterocycles. The maximum atomic E-state index is 13.1. The summed E-state index contributed by atoms with van der Waals surface area (Å²) in [5.74, 6) is -1.13. The van der Waals surface area contributed by atoms with Gasteiger partial charge in [-0.2, -0.15) is 0 Å². The number of thiazole rings is 1. The number of hydrogen-bond acceptors (Lipinski definition) is 7. The van der Waals surface area contributed by atoms with Crippen LogP contribution >= 0.6 is 11.3 Å². The highest BCUT2D eigenvalue weighted by atomic mass is 32.1. The van der Waals surface area contributed by atoms with Crippen molar-refractivity contribution in [1.29, 1.82) is 0 Å². The number of nitrogens with zero attached hydrogens (tertiary/aromatic N) is 3. The van der Waals surface area contributed by atoms with Crippen LogP contribution in [0.1, 0.15) is 39.9 Å². The molecule has 1 aromatic carbocycles. The van der Waals surface area contributed by atoms with E-state index in [-0.39, 0.29) is 24.7 Å². The third-order valence-corrected chi connectivity index (χ3v) is 5.96. The molecule has 2 aromatic heterocycles. The third-order valence-electron chi connectivity index (χ3n) is 5.13. The van der Waals surface area contributed by atoms with E-state index in [1.54, 1.807) is 29.9 Å². The number of pyridine rings is 1. The van der Waals surface area contributed by atoms with Gasteiger partial charge >= 0.3 is 0 Å². The third kappa shape index (κ3) is 2.36. The fourth-order valence-corrected chi connectivity index (χ4v) is 4.46. The lowest BCUT2D eigenvalue weighted by molar-refractivity contribution is -0.134. The Labute approximate surface area is 162 Å². The number of benzene rings is 1. The molecular weight excluding hydrogens is 380 g/mol. The molecule has 8 nitrogen and oxygen atoms in total. The molecule has 0 radical (unpaired) electrons. The molecule has 2 N–H and O–H groups in total. The van der Waals surface area contributed by atoms with Crippen LogP contribution < -0.4 is 10.2 Å². The number of nitrogens with one attached hydrogen (secondary N) is 1. The van der Waals surface area contributed by atoms with Gasteiger partial charge < -0.3 is 5.11 Å². The molecule has 0 spiro atoms. The number of aromatic nitrogens is 2. The Kier molecular flexibility index (Phi) is 3.74. The fourth-order valence-electron chi connectivity index (χ4n) is 3.86. The van der Waals surface area contributed by atoms with Gasteiger partial charge in [-0.1, -0.05) is 12.1 Å². The normalized spacial score (nSPS) is 20.0. The van der Waals surface area contributed by atoms with Crippen molar-refractivity contribution in [2.45, 2.75) is 25.0 Å². The number of carbonyl (C=O) groups excluding carboxylic acids is 3. The van der Waals surface area contributed by atoms with Crippen LogP contribution in [0.25, 0.3) is 10.8 Å². The minimum atomic E-state index is -0.962. The first-order valence-corrected chi connectivity index (χ1v) is 9.59. The Balaban J connectivity index is 1.65. The number of amides is 3. The van der Waals surface area contributed by atoms with Crippen molar-refractivity contribution in [3.63, 3.8) is 0 Å². The molecule has 3 aromatic rings. The van der Waals surface area contributed by atoms with Crippen LogP contribution in [0.5, 0.6) is 0 Å².